The molecule has 0 unspecified atom stereocenters. The summed E-state index contributed by atoms with van der Waals surface area (Å²) in [7, 11) is 2.00. The molecule has 0 spiro atoms. The molecule has 0 bridgehead atoms. The maximum atomic E-state index is 4.25. The van der Waals surface area contributed by atoms with E-state index in [1.54, 1.807) is 0 Å². The van der Waals surface area contributed by atoms with Gasteiger partial charge in [0.05, 0.1) is 6.33 Å². The number of aromatic nitrogens is 2. The molecule has 78 valence electrons. The van der Waals surface area contributed by atoms with E-state index in [0.717, 1.165) is 19.0 Å². The fourth-order valence-electron chi connectivity index (χ4n) is 2.29. The predicted molar refractivity (Wildman–Crippen MR) is 57.4 cm³/mol. The third kappa shape index (κ3) is 1.98. The molecule has 1 fully saturated rings. The van der Waals surface area contributed by atoms with E-state index in [-0.39, 0.29) is 0 Å². The van der Waals surface area contributed by atoms with Crippen molar-refractivity contribution < 1.29 is 0 Å². The highest BCUT2D eigenvalue weighted by molar-refractivity contribution is 5.01. The number of hydrogen-bond acceptors (Lipinski definition) is 2. The Labute approximate surface area is 85.5 Å². The molecular weight excluding hydrogens is 174 g/mol. The Bertz CT molecular complexity index is 274. The van der Waals surface area contributed by atoms with Crippen LogP contribution in [0.5, 0.6) is 0 Å². The zero-order chi connectivity index (χ0) is 9.80. The van der Waals surface area contributed by atoms with Crippen LogP contribution in [0.2, 0.25) is 0 Å². The maximum absolute atomic E-state index is 4.25. The number of nitrogens with one attached hydrogen (secondary N) is 1. The van der Waals surface area contributed by atoms with Crippen molar-refractivity contribution in [1.29, 1.82) is 0 Å². The zero-order valence-electron chi connectivity index (χ0n) is 8.87. The molecule has 0 atom stereocenters. The van der Waals surface area contributed by atoms with E-state index in [1.165, 1.54) is 31.4 Å². The normalized spacial score (nSPS) is 17.8. The molecule has 1 N–H and O–H groups in total. The molecule has 3 heteroatoms. The van der Waals surface area contributed by atoms with Crippen molar-refractivity contribution in [2.45, 2.75) is 38.1 Å². The van der Waals surface area contributed by atoms with E-state index < -0.39 is 0 Å². The number of hydrogen-bond donors (Lipinski definition) is 1. The standard InChI is InChI=1S/C11H19N3/c1-12-7-6-11-8-13-9-14(11)10-4-2-3-5-10/h8-10,12H,2-7H2,1H3. The Balaban J connectivity index is 2.04. The first kappa shape index (κ1) is 9.71. The highest BCUT2D eigenvalue weighted by Crippen LogP contribution is 2.30. The van der Waals surface area contributed by atoms with Gasteiger partial charge in [0.15, 0.2) is 0 Å². The zero-order valence-corrected chi connectivity index (χ0v) is 8.87. The van der Waals surface area contributed by atoms with Crippen LogP contribution in [0.25, 0.3) is 0 Å². The second-order valence-electron chi connectivity index (χ2n) is 4.08. The van der Waals surface area contributed by atoms with Crippen molar-refractivity contribution in [1.82, 2.24) is 14.9 Å². The minimum atomic E-state index is 0.726. The molecule has 1 saturated carbocycles. The Morgan fingerprint density at radius 2 is 2.29 bits per heavy atom. The number of nitrogens with zero attached hydrogens (tertiary/aromatic N) is 2. The largest absolute Gasteiger partial charge is 0.332 e. The third-order valence-corrected chi connectivity index (χ3v) is 3.10. The summed E-state index contributed by atoms with van der Waals surface area (Å²) >= 11 is 0. The summed E-state index contributed by atoms with van der Waals surface area (Å²) in [5.74, 6) is 0. The predicted octanol–water partition coefficient (Wildman–Crippen LogP) is 1.76. The van der Waals surface area contributed by atoms with Crippen LogP contribution in [0.1, 0.15) is 37.4 Å². The van der Waals surface area contributed by atoms with Crippen molar-refractivity contribution in [3.8, 4) is 0 Å². The summed E-state index contributed by atoms with van der Waals surface area (Å²) in [5.41, 5.74) is 1.38. The van der Waals surface area contributed by atoms with Gasteiger partial charge in [-0.05, 0) is 19.9 Å². The van der Waals surface area contributed by atoms with Crippen molar-refractivity contribution in [2.24, 2.45) is 0 Å². The highest BCUT2D eigenvalue weighted by Gasteiger charge is 2.18. The molecule has 0 amide bonds. The maximum Gasteiger partial charge on any atom is 0.0950 e. The summed E-state index contributed by atoms with van der Waals surface area (Å²) in [4.78, 5) is 4.25. The van der Waals surface area contributed by atoms with Gasteiger partial charge in [-0.3, -0.25) is 0 Å². The van der Waals surface area contributed by atoms with E-state index in [0.29, 0.717) is 0 Å². The molecule has 0 aliphatic heterocycles. The quantitative estimate of drug-likeness (QED) is 0.789. The fourth-order valence-corrected chi connectivity index (χ4v) is 2.29. The van der Waals surface area contributed by atoms with Gasteiger partial charge >= 0.3 is 0 Å². The molecule has 1 aliphatic carbocycles. The van der Waals surface area contributed by atoms with E-state index >= 15 is 0 Å². The van der Waals surface area contributed by atoms with E-state index in [2.05, 4.69) is 14.9 Å². The lowest BCUT2D eigenvalue weighted by Crippen LogP contribution is -2.14. The van der Waals surface area contributed by atoms with Gasteiger partial charge < -0.3 is 9.88 Å². The van der Waals surface area contributed by atoms with Crippen molar-refractivity contribution in [3.05, 3.63) is 18.2 Å². The van der Waals surface area contributed by atoms with Gasteiger partial charge in [0.25, 0.3) is 0 Å². The van der Waals surface area contributed by atoms with Crippen LogP contribution in [0.3, 0.4) is 0 Å². The monoisotopic (exact) mass is 193 g/mol. The van der Waals surface area contributed by atoms with E-state index in [9.17, 15) is 0 Å². The van der Waals surface area contributed by atoms with Crippen LogP contribution in [-0.2, 0) is 6.42 Å². The van der Waals surface area contributed by atoms with E-state index in [4.69, 9.17) is 0 Å². The Morgan fingerprint density at radius 1 is 1.50 bits per heavy atom. The molecule has 0 saturated heterocycles. The molecule has 2 rings (SSSR count). The molecule has 0 aromatic carbocycles. The topological polar surface area (TPSA) is 29.9 Å². The Kier molecular flexibility index (Phi) is 3.19. The molecule has 1 aromatic rings. The minimum absolute atomic E-state index is 0.726. The SMILES string of the molecule is CNCCc1cncn1C1CCCC1. The molecule has 0 radical (unpaired) electrons. The smallest absolute Gasteiger partial charge is 0.0950 e. The first-order chi connectivity index (χ1) is 6.92. The lowest BCUT2D eigenvalue weighted by molar-refractivity contribution is 0.498. The molecule has 1 aliphatic rings. The Hall–Kier alpha value is -0.830. The molecule has 1 heterocycles. The molecule has 3 nitrogen and oxygen atoms in total. The second-order valence-corrected chi connectivity index (χ2v) is 4.08. The average molecular weight is 193 g/mol. The lowest BCUT2D eigenvalue weighted by atomic mass is 10.2. The van der Waals surface area contributed by atoms with Crippen molar-refractivity contribution >= 4 is 0 Å². The van der Waals surface area contributed by atoms with Gasteiger partial charge in [-0.2, -0.15) is 0 Å². The summed E-state index contributed by atoms with van der Waals surface area (Å²) in [6.45, 7) is 1.04. The minimum Gasteiger partial charge on any atom is -0.332 e. The molecule has 1 aromatic heterocycles. The molecular formula is C11H19N3. The van der Waals surface area contributed by atoms with Gasteiger partial charge in [0.1, 0.15) is 0 Å². The van der Waals surface area contributed by atoms with Crippen LogP contribution < -0.4 is 5.32 Å². The number of imidazole rings is 1. The van der Waals surface area contributed by atoms with Gasteiger partial charge in [-0.25, -0.2) is 4.98 Å². The van der Waals surface area contributed by atoms with Crippen molar-refractivity contribution in [3.63, 3.8) is 0 Å². The van der Waals surface area contributed by atoms with Crippen molar-refractivity contribution in [2.75, 3.05) is 13.6 Å². The number of rotatable bonds is 4. The summed E-state index contributed by atoms with van der Waals surface area (Å²) in [6.07, 6.45) is 10.5. The van der Waals surface area contributed by atoms with Crippen LogP contribution in [0, 0.1) is 0 Å². The fraction of sp³-hybridized carbons (Fsp3) is 0.727. The van der Waals surface area contributed by atoms with Crippen LogP contribution in [0.15, 0.2) is 12.5 Å². The van der Waals surface area contributed by atoms with Crippen LogP contribution in [0.4, 0.5) is 0 Å². The number of likely N-dealkylation sites (N-methyl/N-ethyl adjacent to an activating group) is 1. The van der Waals surface area contributed by atoms with Gasteiger partial charge in [0.2, 0.25) is 0 Å². The first-order valence-corrected chi connectivity index (χ1v) is 5.57. The first-order valence-electron chi connectivity index (χ1n) is 5.57. The summed E-state index contributed by atoms with van der Waals surface area (Å²) < 4.78 is 2.38. The lowest BCUT2D eigenvalue weighted by Gasteiger charge is -2.14. The highest BCUT2D eigenvalue weighted by atomic mass is 15.1. The Morgan fingerprint density at radius 3 is 3.00 bits per heavy atom. The van der Waals surface area contributed by atoms with Gasteiger partial charge in [-0.1, -0.05) is 12.8 Å². The van der Waals surface area contributed by atoms with Gasteiger partial charge in [0, 0.05) is 30.9 Å². The van der Waals surface area contributed by atoms with Crippen LogP contribution >= 0.6 is 0 Å². The average Bonchev–Trinajstić information content (AvgIpc) is 2.84. The molecule has 14 heavy (non-hydrogen) atoms. The second kappa shape index (κ2) is 4.60. The summed E-state index contributed by atoms with van der Waals surface area (Å²) in [5, 5.41) is 3.18. The van der Waals surface area contributed by atoms with E-state index in [1.807, 2.05) is 19.6 Å². The van der Waals surface area contributed by atoms with Crippen LogP contribution in [-0.4, -0.2) is 23.1 Å². The van der Waals surface area contributed by atoms with Gasteiger partial charge in [-0.15, -0.1) is 0 Å². The summed E-state index contributed by atoms with van der Waals surface area (Å²) in [6, 6.07) is 0.726. The third-order valence-electron chi connectivity index (χ3n) is 3.10.